The number of benzene rings is 1. The predicted molar refractivity (Wildman–Crippen MR) is 107 cm³/mol. The van der Waals surface area contributed by atoms with Crippen LogP contribution in [-0.2, 0) is 14.8 Å². The summed E-state index contributed by atoms with van der Waals surface area (Å²) in [6.45, 7) is 4.30. The lowest BCUT2D eigenvalue weighted by atomic mass is 10.0. The predicted octanol–water partition coefficient (Wildman–Crippen LogP) is 3.15. The first-order valence-electron chi connectivity index (χ1n) is 8.85. The first kappa shape index (κ1) is 20.6. The van der Waals surface area contributed by atoms with Gasteiger partial charge in [-0.05, 0) is 30.5 Å². The number of ether oxygens (including phenoxy) is 2. The third-order valence-electron chi connectivity index (χ3n) is 4.11. The highest BCUT2D eigenvalue weighted by atomic mass is 35.5. The van der Waals surface area contributed by atoms with Crippen LogP contribution < -0.4 is 14.4 Å². The van der Waals surface area contributed by atoms with Crippen molar-refractivity contribution in [2.75, 3.05) is 30.1 Å². The number of nitrogens with zero attached hydrogens (tertiary/aromatic N) is 3. The molecule has 10 heteroatoms. The van der Waals surface area contributed by atoms with E-state index >= 15 is 0 Å². The molecule has 1 aromatic carbocycles. The number of aromatic nitrogens is 2. The molecule has 1 aliphatic rings. The molecular formula is C18H23ClN4O4S. The fourth-order valence-corrected chi connectivity index (χ4v) is 4.45. The molecule has 0 saturated heterocycles. The van der Waals surface area contributed by atoms with E-state index < -0.39 is 10.0 Å². The number of hydrogen-bond acceptors (Lipinski definition) is 7. The second kappa shape index (κ2) is 8.50. The lowest BCUT2D eigenvalue weighted by Crippen LogP contribution is -2.35. The van der Waals surface area contributed by atoms with Crippen LogP contribution in [-0.4, -0.2) is 44.9 Å². The Morgan fingerprint density at radius 2 is 2.14 bits per heavy atom. The van der Waals surface area contributed by atoms with E-state index in [1.165, 1.54) is 19.2 Å². The Morgan fingerprint density at radius 3 is 2.86 bits per heavy atom. The van der Waals surface area contributed by atoms with E-state index in [4.69, 9.17) is 21.1 Å². The Hall–Kier alpha value is -2.10. The maximum Gasteiger partial charge on any atom is 0.268 e. The lowest BCUT2D eigenvalue weighted by molar-refractivity contribution is 0.208. The van der Waals surface area contributed by atoms with Gasteiger partial charge < -0.3 is 14.8 Å². The zero-order chi connectivity index (χ0) is 20.3. The van der Waals surface area contributed by atoms with Gasteiger partial charge in [0.1, 0.15) is 18.5 Å². The minimum Gasteiger partial charge on any atom is -0.475 e. The largest absolute Gasteiger partial charge is 0.475 e. The van der Waals surface area contributed by atoms with Gasteiger partial charge >= 0.3 is 0 Å². The minimum absolute atomic E-state index is 0.0374. The number of hydrogen-bond donors (Lipinski definition) is 1. The Morgan fingerprint density at radius 1 is 1.36 bits per heavy atom. The summed E-state index contributed by atoms with van der Waals surface area (Å²) in [5.41, 5.74) is 0.691. The first-order chi connectivity index (χ1) is 13.3. The van der Waals surface area contributed by atoms with Crippen LogP contribution in [0.4, 0.5) is 11.6 Å². The number of anilines is 2. The molecule has 1 atom stereocenters. The van der Waals surface area contributed by atoms with E-state index in [1.54, 1.807) is 12.1 Å². The molecule has 0 aliphatic carbocycles. The molecule has 152 valence electrons. The van der Waals surface area contributed by atoms with E-state index in [2.05, 4.69) is 29.1 Å². The Labute approximate surface area is 169 Å². The molecule has 2 heterocycles. The number of sulfonamides is 1. The summed E-state index contributed by atoms with van der Waals surface area (Å²) in [5, 5.41) is 3.44. The summed E-state index contributed by atoms with van der Waals surface area (Å²) in [5.74, 6) is 0.512. The van der Waals surface area contributed by atoms with Gasteiger partial charge in [-0.2, -0.15) is 9.97 Å². The summed E-state index contributed by atoms with van der Waals surface area (Å²) in [4.78, 5) is 8.40. The fourth-order valence-electron chi connectivity index (χ4n) is 2.96. The topological polar surface area (TPSA) is 93.7 Å². The van der Waals surface area contributed by atoms with Gasteiger partial charge in [-0.1, -0.05) is 31.5 Å². The highest BCUT2D eigenvalue weighted by molar-refractivity contribution is 7.92. The van der Waals surface area contributed by atoms with Crippen LogP contribution in [0.1, 0.15) is 20.3 Å². The number of nitrogens with one attached hydrogen (secondary N) is 1. The molecule has 0 radical (unpaired) electrons. The van der Waals surface area contributed by atoms with Crippen molar-refractivity contribution in [3.8, 4) is 5.88 Å². The van der Waals surface area contributed by atoms with Gasteiger partial charge in [-0.25, -0.2) is 12.7 Å². The summed E-state index contributed by atoms with van der Waals surface area (Å²) in [6, 6.07) is 8.03. The van der Waals surface area contributed by atoms with Gasteiger partial charge in [-0.15, -0.1) is 0 Å². The van der Waals surface area contributed by atoms with Crippen LogP contribution in [0, 0.1) is 5.92 Å². The van der Waals surface area contributed by atoms with Crippen molar-refractivity contribution < 1.29 is 17.9 Å². The maximum atomic E-state index is 13.2. The Bertz CT molecular complexity index is 939. The molecule has 1 aliphatic heterocycles. The van der Waals surface area contributed by atoms with Crippen molar-refractivity contribution in [3.05, 3.63) is 35.5 Å². The van der Waals surface area contributed by atoms with E-state index in [0.717, 1.165) is 10.7 Å². The van der Waals surface area contributed by atoms with Crippen LogP contribution in [0.5, 0.6) is 5.88 Å². The average Bonchev–Trinajstić information content (AvgIpc) is 2.62. The first-order valence-corrected chi connectivity index (χ1v) is 10.7. The zero-order valence-corrected chi connectivity index (χ0v) is 17.5. The molecule has 28 heavy (non-hydrogen) atoms. The molecule has 0 amide bonds. The highest BCUT2D eigenvalue weighted by Crippen LogP contribution is 2.27. The van der Waals surface area contributed by atoms with Gasteiger partial charge in [0.2, 0.25) is 11.8 Å². The second-order valence-corrected chi connectivity index (χ2v) is 9.16. The summed E-state index contributed by atoms with van der Waals surface area (Å²) in [7, 11) is -2.59. The Balaban J connectivity index is 2.14. The molecular weight excluding hydrogens is 404 g/mol. The number of fused-ring (bicyclic) bond motifs is 4. The number of methoxy groups -OCH3 is 1. The van der Waals surface area contributed by atoms with E-state index in [1.807, 2.05) is 6.07 Å². The minimum atomic E-state index is -3.98. The van der Waals surface area contributed by atoms with Gasteiger partial charge in [0.15, 0.2) is 0 Å². The van der Waals surface area contributed by atoms with Crippen LogP contribution in [0.15, 0.2) is 35.2 Å². The Kier molecular flexibility index (Phi) is 6.26. The number of halogens is 1. The third-order valence-corrected chi connectivity index (χ3v) is 6.00. The van der Waals surface area contributed by atoms with Crippen LogP contribution >= 0.6 is 11.6 Å². The van der Waals surface area contributed by atoms with Crippen molar-refractivity contribution in [3.63, 3.8) is 0 Å². The quantitative estimate of drug-likeness (QED) is 0.750. The van der Waals surface area contributed by atoms with E-state index in [9.17, 15) is 8.42 Å². The van der Waals surface area contributed by atoms with Crippen molar-refractivity contribution in [1.82, 2.24) is 9.97 Å². The molecule has 0 unspecified atom stereocenters. The molecule has 1 N–H and O–H groups in total. The molecule has 1 aromatic heterocycles. The fraction of sp³-hybridized carbons (Fsp3) is 0.444. The second-order valence-electron chi connectivity index (χ2n) is 6.91. The van der Waals surface area contributed by atoms with Crippen molar-refractivity contribution in [2.45, 2.75) is 31.2 Å². The molecule has 0 saturated carbocycles. The molecule has 2 aromatic rings. The molecule has 3 rings (SSSR count). The summed E-state index contributed by atoms with van der Waals surface area (Å²) < 4.78 is 38.3. The SMILES string of the molecule is COCN1c2nc(Cl)cc(n2)OC[C@@H](CC(C)C)Nc2cccc(c2)S1(=O)=O. The summed E-state index contributed by atoms with van der Waals surface area (Å²) >= 11 is 6.09. The standard InChI is InChI=1S/C18H23ClN4O4S/c1-12(2)7-14-10-27-17-9-16(19)21-18(22-17)23(11-26-3)28(24,25)15-6-4-5-13(8-15)20-14/h4-6,8-9,12,14,20H,7,10-11H2,1-3H3/t14-/m1/s1. The molecule has 8 nitrogen and oxygen atoms in total. The average molecular weight is 427 g/mol. The smallest absolute Gasteiger partial charge is 0.268 e. The normalized spacial score (nSPS) is 18.6. The van der Waals surface area contributed by atoms with Crippen molar-refractivity contribution >= 4 is 33.3 Å². The highest BCUT2D eigenvalue weighted by Gasteiger charge is 2.29. The third kappa shape index (κ3) is 4.65. The molecule has 0 fully saturated rings. The van der Waals surface area contributed by atoms with Gasteiger partial charge in [0.05, 0.1) is 10.9 Å². The van der Waals surface area contributed by atoms with Gasteiger partial charge in [-0.3, -0.25) is 0 Å². The van der Waals surface area contributed by atoms with Crippen molar-refractivity contribution in [1.29, 1.82) is 0 Å². The van der Waals surface area contributed by atoms with E-state index in [-0.39, 0.29) is 34.6 Å². The molecule has 4 bridgehead atoms. The van der Waals surface area contributed by atoms with Crippen molar-refractivity contribution in [2.24, 2.45) is 5.92 Å². The van der Waals surface area contributed by atoms with Crippen LogP contribution in [0.3, 0.4) is 0 Å². The van der Waals surface area contributed by atoms with Gasteiger partial charge in [0, 0.05) is 18.9 Å². The monoisotopic (exact) mass is 426 g/mol. The molecule has 0 spiro atoms. The number of rotatable bonds is 4. The summed E-state index contributed by atoms with van der Waals surface area (Å²) in [6.07, 6.45) is 0.832. The van der Waals surface area contributed by atoms with E-state index in [0.29, 0.717) is 18.2 Å². The van der Waals surface area contributed by atoms with Gasteiger partial charge in [0.25, 0.3) is 10.0 Å². The zero-order valence-electron chi connectivity index (χ0n) is 15.9. The van der Waals surface area contributed by atoms with Crippen LogP contribution in [0.25, 0.3) is 0 Å². The van der Waals surface area contributed by atoms with Crippen LogP contribution in [0.2, 0.25) is 5.15 Å². The maximum absolute atomic E-state index is 13.2. The lowest BCUT2D eigenvalue weighted by Gasteiger charge is -2.25.